The molecule has 0 aliphatic rings. The molecule has 0 radical (unpaired) electrons. The van der Waals surface area contributed by atoms with Gasteiger partial charge in [0.2, 0.25) is 0 Å². The lowest BCUT2D eigenvalue weighted by atomic mass is 10.1. The second-order valence-electron chi connectivity index (χ2n) is 5.73. The first-order chi connectivity index (χ1) is 11.7. The van der Waals surface area contributed by atoms with Crippen LogP contribution in [0.1, 0.15) is 16.7 Å². The van der Waals surface area contributed by atoms with Crippen LogP contribution in [0.2, 0.25) is 0 Å². The lowest BCUT2D eigenvalue weighted by molar-refractivity contribution is 0.275. The summed E-state index contributed by atoms with van der Waals surface area (Å²) < 4.78 is 15.2. The number of hydrogen-bond donors (Lipinski definition) is 2. The minimum absolute atomic E-state index is 0.291. The van der Waals surface area contributed by atoms with E-state index in [4.69, 9.17) is 5.11 Å². The van der Waals surface area contributed by atoms with E-state index in [1.54, 1.807) is 16.8 Å². The molecular weight excluding hydrogens is 305 g/mol. The molecule has 0 atom stereocenters. The van der Waals surface area contributed by atoms with Crippen LogP contribution in [-0.2, 0) is 26.7 Å². The van der Waals surface area contributed by atoms with Crippen LogP contribution in [0.25, 0.3) is 11.3 Å². The Bertz CT molecular complexity index is 815. The molecule has 124 valence electrons. The van der Waals surface area contributed by atoms with Gasteiger partial charge < -0.3 is 10.4 Å². The molecule has 0 bridgehead atoms. The topological polar surface area (TPSA) is 50.1 Å². The van der Waals surface area contributed by atoms with Gasteiger partial charge in [0.25, 0.3) is 0 Å². The van der Waals surface area contributed by atoms with Crippen molar-refractivity contribution >= 4 is 0 Å². The van der Waals surface area contributed by atoms with Crippen LogP contribution in [0.4, 0.5) is 4.39 Å². The molecule has 0 unspecified atom stereocenters. The van der Waals surface area contributed by atoms with Gasteiger partial charge in [0.05, 0.1) is 12.3 Å². The number of nitrogens with zero attached hydrogens (tertiary/aromatic N) is 2. The van der Waals surface area contributed by atoms with E-state index in [9.17, 15) is 4.39 Å². The summed E-state index contributed by atoms with van der Waals surface area (Å²) in [5, 5.41) is 17.0. The Morgan fingerprint density at radius 1 is 1.08 bits per heavy atom. The third-order valence-electron chi connectivity index (χ3n) is 3.88. The van der Waals surface area contributed by atoms with Crippen molar-refractivity contribution in [2.75, 3.05) is 0 Å². The largest absolute Gasteiger partial charge is 0.392 e. The van der Waals surface area contributed by atoms with Crippen LogP contribution in [-0.4, -0.2) is 14.9 Å². The third kappa shape index (κ3) is 3.69. The summed E-state index contributed by atoms with van der Waals surface area (Å²) in [6.07, 6.45) is 2.00. The molecule has 5 heteroatoms. The van der Waals surface area contributed by atoms with Crippen LogP contribution in [0.3, 0.4) is 0 Å². The van der Waals surface area contributed by atoms with E-state index in [0.717, 1.165) is 22.4 Å². The number of halogens is 1. The molecule has 0 fully saturated rings. The number of nitrogens with one attached hydrogen (secondary N) is 1. The van der Waals surface area contributed by atoms with Crippen molar-refractivity contribution in [2.24, 2.45) is 7.05 Å². The van der Waals surface area contributed by atoms with Gasteiger partial charge in [-0.15, -0.1) is 0 Å². The summed E-state index contributed by atoms with van der Waals surface area (Å²) >= 11 is 0. The molecule has 2 N–H and O–H groups in total. The van der Waals surface area contributed by atoms with Gasteiger partial charge in [-0.25, -0.2) is 4.39 Å². The second-order valence-corrected chi connectivity index (χ2v) is 5.73. The predicted molar refractivity (Wildman–Crippen MR) is 91.5 cm³/mol. The van der Waals surface area contributed by atoms with Crippen LogP contribution >= 0.6 is 0 Å². The van der Waals surface area contributed by atoms with Crippen LogP contribution in [0.5, 0.6) is 0 Å². The van der Waals surface area contributed by atoms with Crippen molar-refractivity contribution in [3.05, 3.63) is 77.2 Å². The lowest BCUT2D eigenvalue weighted by Crippen LogP contribution is -2.13. The molecule has 0 saturated carbocycles. The molecule has 0 saturated heterocycles. The molecule has 3 rings (SSSR count). The van der Waals surface area contributed by atoms with Crippen LogP contribution < -0.4 is 5.32 Å². The Morgan fingerprint density at radius 3 is 2.62 bits per heavy atom. The maximum atomic E-state index is 13.4. The molecule has 24 heavy (non-hydrogen) atoms. The zero-order valence-corrected chi connectivity index (χ0v) is 13.5. The molecular formula is C19H20FN3O. The minimum Gasteiger partial charge on any atom is -0.392 e. The molecule has 0 aliphatic carbocycles. The van der Waals surface area contributed by atoms with E-state index in [1.165, 1.54) is 6.07 Å². The second kappa shape index (κ2) is 7.38. The highest BCUT2D eigenvalue weighted by Crippen LogP contribution is 2.21. The molecule has 0 aliphatic heterocycles. The molecule has 4 nitrogen and oxygen atoms in total. The average molecular weight is 325 g/mol. The number of benzene rings is 2. The summed E-state index contributed by atoms with van der Waals surface area (Å²) in [6, 6.07) is 14.9. The number of rotatable bonds is 6. The van der Waals surface area contributed by atoms with Crippen molar-refractivity contribution in [3.63, 3.8) is 0 Å². The number of aliphatic hydroxyl groups is 1. The van der Waals surface area contributed by atoms with Gasteiger partial charge in [-0.3, -0.25) is 4.68 Å². The van der Waals surface area contributed by atoms with E-state index >= 15 is 0 Å². The van der Waals surface area contributed by atoms with Crippen molar-refractivity contribution in [1.82, 2.24) is 15.1 Å². The highest BCUT2D eigenvalue weighted by molar-refractivity contribution is 5.62. The van der Waals surface area contributed by atoms with Crippen LogP contribution in [0, 0.1) is 5.82 Å². The van der Waals surface area contributed by atoms with Gasteiger partial charge >= 0.3 is 0 Å². The maximum Gasteiger partial charge on any atom is 0.128 e. The predicted octanol–water partition coefficient (Wildman–Crippen LogP) is 3.01. The molecule has 2 aromatic carbocycles. The first kappa shape index (κ1) is 16.4. The summed E-state index contributed by atoms with van der Waals surface area (Å²) in [5.41, 5.74) is 4.40. The van der Waals surface area contributed by atoms with Crippen molar-refractivity contribution < 1.29 is 9.50 Å². The zero-order chi connectivity index (χ0) is 16.9. The Kier molecular flexibility index (Phi) is 5.03. The van der Waals surface area contributed by atoms with Gasteiger partial charge in [0, 0.05) is 43.0 Å². The highest BCUT2D eigenvalue weighted by Gasteiger charge is 2.09. The van der Waals surface area contributed by atoms with Crippen molar-refractivity contribution in [3.8, 4) is 11.3 Å². The molecule has 1 aromatic heterocycles. The quantitative estimate of drug-likeness (QED) is 0.732. The van der Waals surface area contributed by atoms with Crippen LogP contribution in [0.15, 0.2) is 54.7 Å². The average Bonchev–Trinajstić information content (AvgIpc) is 2.98. The fourth-order valence-electron chi connectivity index (χ4n) is 2.71. The zero-order valence-electron chi connectivity index (χ0n) is 13.5. The number of hydrogen-bond acceptors (Lipinski definition) is 3. The van der Waals surface area contributed by atoms with E-state index in [2.05, 4.69) is 10.4 Å². The first-order valence-corrected chi connectivity index (χ1v) is 7.84. The Balaban J connectivity index is 1.69. The minimum atomic E-state index is -0.375. The SMILES string of the molecule is Cn1cc(CNCc2ccc(F)c(CO)c2)c(-c2ccccc2)n1. The van der Waals surface area contributed by atoms with Crippen molar-refractivity contribution in [1.29, 1.82) is 0 Å². The summed E-state index contributed by atoms with van der Waals surface area (Å²) in [5.74, 6) is -0.375. The third-order valence-corrected chi connectivity index (χ3v) is 3.88. The van der Waals surface area contributed by atoms with Gasteiger partial charge in [-0.1, -0.05) is 36.4 Å². The summed E-state index contributed by atoms with van der Waals surface area (Å²) in [7, 11) is 1.91. The van der Waals surface area contributed by atoms with E-state index in [-0.39, 0.29) is 12.4 Å². The molecule has 0 amide bonds. The number of aryl methyl sites for hydroxylation is 1. The van der Waals surface area contributed by atoms with Gasteiger partial charge in [-0.05, 0) is 17.7 Å². The number of aromatic nitrogens is 2. The molecule has 0 spiro atoms. The van der Waals surface area contributed by atoms with Gasteiger partial charge in [0.1, 0.15) is 5.82 Å². The Morgan fingerprint density at radius 2 is 1.88 bits per heavy atom. The maximum absolute atomic E-state index is 13.4. The number of aliphatic hydroxyl groups excluding tert-OH is 1. The standard InChI is InChI=1S/C19H20FN3O/c1-23-12-17(19(22-23)15-5-3-2-4-6-15)11-21-10-14-7-8-18(20)16(9-14)13-24/h2-9,12,21,24H,10-11,13H2,1H3. The first-order valence-electron chi connectivity index (χ1n) is 7.84. The smallest absolute Gasteiger partial charge is 0.128 e. The fourth-order valence-corrected chi connectivity index (χ4v) is 2.71. The van der Waals surface area contributed by atoms with E-state index in [0.29, 0.717) is 18.7 Å². The highest BCUT2D eigenvalue weighted by atomic mass is 19.1. The van der Waals surface area contributed by atoms with E-state index in [1.807, 2.05) is 43.6 Å². The van der Waals surface area contributed by atoms with Gasteiger partial charge in [0.15, 0.2) is 0 Å². The summed E-state index contributed by atoms with van der Waals surface area (Å²) in [6.45, 7) is 0.959. The molecule has 1 heterocycles. The normalized spacial score (nSPS) is 11.0. The lowest BCUT2D eigenvalue weighted by Gasteiger charge is -2.07. The molecule has 3 aromatic rings. The van der Waals surface area contributed by atoms with E-state index < -0.39 is 0 Å². The monoisotopic (exact) mass is 325 g/mol. The fraction of sp³-hybridized carbons (Fsp3) is 0.211. The van der Waals surface area contributed by atoms with Gasteiger partial charge in [-0.2, -0.15) is 5.10 Å². The van der Waals surface area contributed by atoms with Crippen molar-refractivity contribution in [2.45, 2.75) is 19.7 Å². The Hall–Kier alpha value is -2.50. The Labute approximate surface area is 140 Å². The summed E-state index contributed by atoms with van der Waals surface area (Å²) in [4.78, 5) is 0.